The first-order valence-electron chi connectivity index (χ1n) is 5.85. The topological polar surface area (TPSA) is 70.7 Å². The number of thiazole rings is 1. The Morgan fingerprint density at radius 3 is 3.16 bits per heavy atom. The zero-order valence-electron chi connectivity index (χ0n) is 10.3. The van der Waals surface area contributed by atoms with Gasteiger partial charge < -0.3 is 5.32 Å². The summed E-state index contributed by atoms with van der Waals surface area (Å²) in [6.45, 7) is 2.36. The van der Waals surface area contributed by atoms with Crippen LogP contribution in [0, 0.1) is 6.92 Å². The van der Waals surface area contributed by atoms with Crippen LogP contribution in [0.5, 0.6) is 0 Å². The summed E-state index contributed by atoms with van der Waals surface area (Å²) in [6.07, 6.45) is 1.77. The summed E-state index contributed by atoms with van der Waals surface area (Å²) >= 11 is 1.47. The van der Waals surface area contributed by atoms with Crippen LogP contribution in [-0.2, 0) is 6.54 Å². The number of aromatic amines is 1. The maximum absolute atomic E-state index is 11.9. The normalized spacial score (nSPS) is 10.8. The van der Waals surface area contributed by atoms with Gasteiger partial charge >= 0.3 is 0 Å². The van der Waals surface area contributed by atoms with Crippen molar-refractivity contribution in [1.29, 1.82) is 0 Å². The fraction of sp³-hybridized carbons (Fsp3) is 0.154. The van der Waals surface area contributed by atoms with Gasteiger partial charge in [0.05, 0.1) is 16.7 Å². The smallest absolute Gasteiger partial charge is 0.271 e. The molecule has 5 nitrogen and oxygen atoms in total. The molecule has 0 unspecified atom stereocenters. The quantitative estimate of drug-likeness (QED) is 0.768. The predicted molar refractivity (Wildman–Crippen MR) is 74.1 cm³/mol. The number of nitrogens with zero attached hydrogens (tertiary/aromatic N) is 2. The Morgan fingerprint density at radius 1 is 1.47 bits per heavy atom. The lowest BCUT2D eigenvalue weighted by molar-refractivity contribution is 0.0946. The molecular weight excluding hydrogens is 260 g/mol. The molecule has 0 aliphatic rings. The maximum Gasteiger partial charge on any atom is 0.271 e. The molecule has 2 heterocycles. The number of hydrogen-bond donors (Lipinski definition) is 2. The number of rotatable bonds is 3. The van der Waals surface area contributed by atoms with E-state index in [1.165, 1.54) is 11.3 Å². The van der Waals surface area contributed by atoms with Crippen LogP contribution in [0.4, 0.5) is 0 Å². The Kier molecular flexibility index (Phi) is 3.00. The molecule has 0 fully saturated rings. The van der Waals surface area contributed by atoms with Crippen molar-refractivity contribution >= 4 is 28.1 Å². The third-order valence-corrected chi connectivity index (χ3v) is 3.58. The first-order chi connectivity index (χ1) is 9.22. The molecule has 0 aliphatic heterocycles. The summed E-state index contributed by atoms with van der Waals surface area (Å²) in [5.41, 5.74) is 2.47. The van der Waals surface area contributed by atoms with Gasteiger partial charge in [0.15, 0.2) is 0 Å². The van der Waals surface area contributed by atoms with Gasteiger partial charge in [0.2, 0.25) is 0 Å². The number of hydrogen-bond acceptors (Lipinski definition) is 4. The molecule has 0 saturated carbocycles. The molecule has 0 saturated heterocycles. The fourth-order valence-electron chi connectivity index (χ4n) is 1.83. The SMILES string of the molecule is Cc1nc(C(=O)NCc2ccc3cn[nH]c3c2)cs1. The van der Waals surface area contributed by atoms with E-state index in [0.717, 1.165) is 21.5 Å². The summed E-state index contributed by atoms with van der Waals surface area (Å²) in [4.78, 5) is 16.0. The van der Waals surface area contributed by atoms with Gasteiger partial charge in [0, 0.05) is 17.3 Å². The minimum absolute atomic E-state index is 0.144. The predicted octanol–water partition coefficient (Wildman–Crippen LogP) is 2.26. The number of aryl methyl sites for hydroxylation is 1. The van der Waals surface area contributed by atoms with Crippen LogP contribution in [0.2, 0.25) is 0 Å². The standard InChI is InChI=1S/C13H12N4OS/c1-8-16-12(7-19-8)13(18)14-5-9-2-3-10-6-15-17-11(10)4-9/h2-4,6-7H,5H2,1H3,(H,14,18)(H,15,17). The average Bonchev–Trinajstić information content (AvgIpc) is 3.03. The number of fused-ring (bicyclic) bond motifs is 1. The van der Waals surface area contributed by atoms with Crippen LogP contribution in [-0.4, -0.2) is 21.1 Å². The second-order valence-corrected chi connectivity index (χ2v) is 5.29. The summed E-state index contributed by atoms with van der Waals surface area (Å²) in [5, 5.41) is 13.5. The average molecular weight is 272 g/mol. The summed E-state index contributed by atoms with van der Waals surface area (Å²) in [6, 6.07) is 5.94. The van der Waals surface area contributed by atoms with Crippen molar-refractivity contribution in [1.82, 2.24) is 20.5 Å². The molecule has 0 spiro atoms. The van der Waals surface area contributed by atoms with Gasteiger partial charge in [-0.05, 0) is 18.6 Å². The maximum atomic E-state index is 11.9. The molecule has 96 valence electrons. The number of nitrogens with one attached hydrogen (secondary N) is 2. The zero-order valence-corrected chi connectivity index (χ0v) is 11.1. The lowest BCUT2D eigenvalue weighted by atomic mass is 10.1. The number of carbonyl (C=O) groups excluding carboxylic acids is 1. The summed E-state index contributed by atoms with van der Waals surface area (Å²) in [7, 11) is 0. The number of benzene rings is 1. The molecule has 0 aliphatic carbocycles. The van der Waals surface area contributed by atoms with E-state index in [1.54, 1.807) is 11.6 Å². The minimum Gasteiger partial charge on any atom is -0.347 e. The fourth-order valence-corrected chi connectivity index (χ4v) is 2.43. The van der Waals surface area contributed by atoms with Gasteiger partial charge in [0.25, 0.3) is 5.91 Å². The Morgan fingerprint density at radius 2 is 2.37 bits per heavy atom. The summed E-state index contributed by atoms with van der Waals surface area (Å²) < 4.78 is 0. The van der Waals surface area contributed by atoms with Crippen LogP contribution in [0.3, 0.4) is 0 Å². The minimum atomic E-state index is -0.144. The first-order valence-corrected chi connectivity index (χ1v) is 6.73. The first kappa shape index (κ1) is 11.9. The van der Waals surface area contributed by atoms with E-state index in [9.17, 15) is 4.79 Å². The van der Waals surface area contributed by atoms with Crippen molar-refractivity contribution in [2.24, 2.45) is 0 Å². The Labute approximate surface area is 113 Å². The summed E-state index contributed by atoms with van der Waals surface area (Å²) in [5.74, 6) is -0.144. The number of aromatic nitrogens is 3. The van der Waals surface area contributed by atoms with E-state index >= 15 is 0 Å². The molecule has 2 aromatic heterocycles. The molecule has 1 amide bonds. The van der Waals surface area contributed by atoms with Crippen molar-refractivity contribution in [2.75, 3.05) is 0 Å². The monoisotopic (exact) mass is 272 g/mol. The van der Waals surface area contributed by atoms with Crippen molar-refractivity contribution in [3.05, 3.63) is 46.0 Å². The molecule has 3 aromatic rings. The molecule has 0 radical (unpaired) electrons. The molecule has 3 rings (SSSR count). The highest BCUT2D eigenvalue weighted by atomic mass is 32.1. The number of H-pyrrole nitrogens is 1. The van der Waals surface area contributed by atoms with Crippen molar-refractivity contribution in [3.63, 3.8) is 0 Å². The van der Waals surface area contributed by atoms with Gasteiger partial charge in [0.1, 0.15) is 5.69 Å². The lowest BCUT2D eigenvalue weighted by Crippen LogP contribution is -2.23. The van der Waals surface area contributed by atoms with E-state index in [2.05, 4.69) is 20.5 Å². The van der Waals surface area contributed by atoms with Crippen LogP contribution in [0.1, 0.15) is 21.1 Å². The van der Waals surface area contributed by atoms with Gasteiger partial charge in [-0.1, -0.05) is 12.1 Å². The number of amides is 1. The molecule has 0 atom stereocenters. The molecular formula is C13H12N4OS. The van der Waals surface area contributed by atoms with E-state index in [4.69, 9.17) is 0 Å². The van der Waals surface area contributed by atoms with Crippen LogP contribution in [0.15, 0.2) is 29.8 Å². The van der Waals surface area contributed by atoms with Gasteiger partial charge in [-0.2, -0.15) is 5.10 Å². The van der Waals surface area contributed by atoms with E-state index in [0.29, 0.717) is 12.2 Å². The third-order valence-electron chi connectivity index (χ3n) is 2.81. The van der Waals surface area contributed by atoms with Gasteiger partial charge in [-0.3, -0.25) is 9.89 Å². The van der Waals surface area contributed by atoms with Gasteiger partial charge in [-0.25, -0.2) is 4.98 Å². The highest BCUT2D eigenvalue weighted by Crippen LogP contribution is 2.13. The Hall–Kier alpha value is -2.21. The zero-order chi connectivity index (χ0) is 13.2. The van der Waals surface area contributed by atoms with Crippen LogP contribution in [0.25, 0.3) is 10.9 Å². The molecule has 0 bridgehead atoms. The van der Waals surface area contributed by atoms with E-state index in [1.807, 2.05) is 25.1 Å². The van der Waals surface area contributed by atoms with E-state index < -0.39 is 0 Å². The Bertz CT molecular complexity index is 731. The second kappa shape index (κ2) is 4.81. The van der Waals surface area contributed by atoms with Crippen molar-refractivity contribution < 1.29 is 4.79 Å². The molecule has 1 aromatic carbocycles. The Balaban J connectivity index is 1.70. The van der Waals surface area contributed by atoms with Crippen molar-refractivity contribution in [2.45, 2.75) is 13.5 Å². The highest BCUT2D eigenvalue weighted by Gasteiger charge is 2.08. The second-order valence-electron chi connectivity index (χ2n) is 4.23. The highest BCUT2D eigenvalue weighted by molar-refractivity contribution is 7.09. The lowest BCUT2D eigenvalue weighted by Gasteiger charge is -2.03. The third kappa shape index (κ3) is 2.48. The van der Waals surface area contributed by atoms with E-state index in [-0.39, 0.29) is 5.91 Å². The number of carbonyl (C=O) groups is 1. The van der Waals surface area contributed by atoms with Crippen molar-refractivity contribution in [3.8, 4) is 0 Å². The molecule has 19 heavy (non-hydrogen) atoms. The molecule has 2 N–H and O–H groups in total. The molecule has 6 heteroatoms. The van der Waals surface area contributed by atoms with Gasteiger partial charge in [-0.15, -0.1) is 11.3 Å². The largest absolute Gasteiger partial charge is 0.347 e. The van der Waals surface area contributed by atoms with Crippen LogP contribution >= 0.6 is 11.3 Å². The van der Waals surface area contributed by atoms with Crippen LogP contribution < -0.4 is 5.32 Å².